The molecule has 0 bridgehead atoms. The third-order valence-corrected chi connectivity index (χ3v) is 3.38. The lowest BCUT2D eigenvalue weighted by molar-refractivity contribution is 0.114. The van der Waals surface area contributed by atoms with Gasteiger partial charge in [0.15, 0.2) is 6.23 Å². The van der Waals surface area contributed by atoms with Gasteiger partial charge in [-0.2, -0.15) is 0 Å². The molecule has 2 aromatic carbocycles. The van der Waals surface area contributed by atoms with Gasteiger partial charge in [0.25, 0.3) is 0 Å². The van der Waals surface area contributed by atoms with Crippen LogP contribution in [0.5, 0.6) is 5.75 Å². The van der Waals surface area contributed by atoms with E-state index in [1.807, 2.05) is 18.2 Å². The van der Waals surface area contributed by atoms with Gasteiger partial charge in [0.2, 0.25) is 0 Å². The van der Waals surface area contributed by atoms with Crippen LogP contribution in [0.15, 0.2) is 54.6 Å². The second-order valence-corrected chi connectivity index (χ2v) is 4.53. The largest absolute Gasteiger partial charge is 0.497 e. The zero-order valence-corrected chi connectivity index (χ0v) is 11.0. The summed E-state index contributed by atoms with van der Waals surface area (Å²) in [5.74, 6) is 0.869. The van der Waals surface area contributed by atoms with Gasteiger partial charge in [0.05, 0.1) is 13.7 Å². The Labute approximate surface area is 113 Å². The highest BCUT2D eigenvalue weighted by Crippen LogP contribution is 2.32. The molecule has 0 radical (unpaired) electrons. The third kappa shape index (κ3) is 2.42. The number of hydrogen-bond acceptors (Lipinski definition) is 3. The number of anilines is 1. The highest BCUT2D eigenvalue weighted by Gasteiger charge is 2.26. The van der Waals surface area contributed by atoms with Crippen molar-refractivity contribution in [1.82, 2.24) is 0 Å². The molecule has 0 aliphatic carbocycles. The van der Waals surface area contributed by atoms with E-state index in [0.29, 0.717) is 0 Å². The Bertz CT molecular complexity index is 524. The van der Waals surface area contributed by atoms with Crippen LogP contribution in [0.25, 0.3) is 0 Å². The number of nitrogens with zero attached hydrogens (tertiary/aromatic N) is 1. The van der Waals surface area contributed by atoms with Crippen molar-refractivity contribution in [2.45, 2.75) is 6.23 Å². The monoisotopic (exact) mass is 255 g/mol. The van der Waals surface area contributed by atoms with E-state index in [-0.39, 0.29) is 6.23 Å². The van der Waals surface area contributed by atoms with Crippen LogP contribution in [0.3, 0.4) is 0 Å². The van der Waals surface area contributed by atoms with Crippen molar-refractivity contribution < 1.29 is 9.47 Å². The lowest BCUT2D eigenvalue weighted by atomic mass is 10.1. The molecule has 2 aromatic rings. The SMILES string of the molecule is COc1ccc(C2OCCN2c2ccccc2)cc1. The summed E-state index contributed by atoms with van der Waals surface area (Å²) in [6, 6.07) is 18.4. The van der Waals surface area contributed by atoms with E-state index in [0.717, 1.165) is 24.5 Å². The van der Waals surface area contributed by atoms with E-state index in [1.54, 1.807) is 7.11 Å². The van der Waals surface area contributed by atoms with E-state index in [4.69, 9.17) is 9.47 Å². The summed E-state index contributed by atoms with van der Waals surface area (Å²) in [5.41, 5.74) is 2.35. The molecule has 1 aliphatic rings. The van der Waals surface area contributed by atoms with Crippen LogP contribution in [0.2, 0.25) is 0 Å². The van der Waals surface area contributed by atoms with Crippen molar-refractivity contribution in [1.29, 1.82) is 0 Å². The molecule has 0 saturated carbocycles. The average Bonchev–Trinajstić information content (AvgIpc) is 2.98. The van der Waals surface area contributed by atoms with Gasteiger partial charge in [-0.15, -0.1) is 0 Å². The van der Waals surface area contributed by atoms with Gasteiger partial charge >= 0.3 is 0 Å². The molecule has 3 nitrogen and oxygen atoms in total. The minimum atomic E-state index is -0.00620. The first-order chi connectivity index (χ1) is 9.38. The topological polar surface area (TPSA) is 21.7 Å². The van der Waals surface area contributed by atoms with Gasteiger partial charge in [0.1, 0.15) is 5.75 Å². The number of hydrogen-bond donors (Lipinski definition) is 0. The summed E-state index contributed by atoms with van der Waals surface area (Å²) in [6.45, 7) is 1.67. The predicted molar refractivity (Wildman–Crippen MR) is 75.5 cm³/mol. The smallest absolute Gasteiger partial charge is 0.156 e. The zero-order chi connectivity index (χ0) is 13.1. The molecule has 1 saturated heterocycles. The van der Waals surface area contributed by atoms with E-state index >= 15 is 0 Å². The Hall–Kier alpha value is -2.00. The first kappa shape index (κ1) is 12.1. The fraction of sp³-hybridized carbons (Fsp3) is 0.250. The van der Waals surface area contributed by atoms with Crippen molar-refractivity contribution in [3.8, 4) is 5.75 Å². The van der Waals surface area contributed by atoms with E-state index in [1.165, 1.54) is 5.69 Å². The van der Waals surface area contributed by atoms with Crippen LogP contribution >= 0.6 is 0 Å². The Balaban J connectivity index is 1.86. The molecule has 1 aliphatic heterocycles. The molecule has 0 spiro atoms. The summed E-state index contributed by atoms with van der Waals surface area (Å²) in [6.07, 6.45) is -0.00620. The molecule has 19 heavy (non-hydrogen) atoms. The highest BCUT2D eigenvalue weighted by molar-refractivity contribution is 5.49. The molecule has 3 heteroatoms. The van der Waals surface area contributed by atoms with Gasteiger partial charge in [-0.1, -0.05) is 30.3 Å². The third-order valence-electron chi connectivity index (χ3n) is 3.38. The number of rotatable bonds is 3. The Morgan fingerprint density at radius 2 is 1.79 bits per heavy atom. The molecule has 1 unspecified atom stereocenters. The van der Waals surface area contributed by atoms with Crippen molar-refractivity contribution in [3.63, 3.8) is 0 Å². The lowest BCUT2D eigenvalue weighted by Gasteiger charge is -2.25. The maximum Gasteiger partial charge on any atom is 0.156 e. The van der Waals surface area contributed by atoms with E-state index in [2.05, 4.69) is 41.3 Å². The Kier molecular flexibility index (Phi) is 3.38. The molecule has 1 fully saturated rings. The maximum absolute atomic E-state index is 5.86. The van der Waals surface area contributed by atoms with Gasteiger partial charge in [-0.05, 0) is 24.3 Å². The van der Waals surface area contributed by atoms with Crippen molar-refractivity contribution in [2.24, 2.45) is 0 Å². The second-order valence-electron chi connectivity index (χ2n) is 4.53. The summed E-state index contributed by atoms with van der Waals surface area (Å²) in [5, 5.41) is 0. The van der Waals surface area contributed by atoms with E-state index in [9.17, 15) is 0 Å². The van der Waals surface area contributed by atoms with Gasteiger partial charge in [0, 0.05) is 17.8 Å². The molecular formula is C16H17NO2. The van der Waals surface area contributed by atoms with Crippen LogP contribution in [-0.4, -0.2) is 20.3 Å². The number of para-hydroxylation sites is 1. The maximum atomic E-state index is 5.86. The van der Waals surface area contributed by atoms with Crippen molar-refractivity contribution >= 4 is 5.69 Å². The standard InChI is InChI=1S/C16H17NO2/c1-18-15-9-7-13(8-10-15)16-17(11-12-19-16)14-5-3-2-4-6-14/h2-10,16H,11-12H2,1H3. The molecule has 0 amide bonds. The quantitative estimate of drug-likeness (QED) is 0.840. The van der Waals surface area contributed by atoms with Crippen molar-refractivity contribution in [2.75, 3.05) is 25.2 Å². The van der Waals surface area contributed by atoms with Gasteiger partial charge < -0.3 is 14.4 Å². The first-order valence-corrected chi connectivity index (χ1v) is 6.46. The van der Waals surface area contributed by atoms with Crippen molar-refractivity contribution in [3.05, 3.63) is 60.2 Å². The minimum absolute atomic E-state index is 0.00620. The molecule has 0 aromatic heterocycles. The summed E-state index contributed by atoms with van der Waals surface area (Å²) in [4.78, 5) is 2.28. The van der Waals surface area contributed by atoms with Crippen LogP contribution < -0.4 is 9.64 Å². The fourth-order valence-electron chi connectivity index (χ4n) is 2.40. The Morgan fingerprint density at radius 3 is 2.47 bits per heavy atom. The molecule has 98 valence electrons. The molecular weight excluding hydrogens is 238 g/mol. The summed E-state index contributed by atoms with van der Waals surface area (Å²) in [7, 11) is 1.68. The number of ether oxygens (including phenoxy) is 2. The summed E-state index contributed by atoms with van der Waals surface area (Å²) >= 11 is 0. The zero-order valence-electron chi connectivity index (χ0n) is 11.0. The Morgan fingerprint density at radius 1 is 1.05 bits per heavy atom. The minimum Gasteiger partial charge on any atom is -0.497 e. The van der Waals surface area contributed by atoms with E-state index < -0.39 is 0 Å². The second kappa shape index (κ2) is 5.33. The van der Waals surface area contributed by atoms with Crippen LogP contribution in [0.1, 0.15) is 11.8 Å². The number of methoxy groups -OCH3 is 1. The van der Waals surface area contributed by atoms with Gasteiger partial charge in [-0.3, -0.25) is 0 Å². The molecule has 1 atom stereocenters. The number of benzene rings is 2. The fourth-order valence-corrected chi connectivity index (χ4v) is 2.40. The molecule has 0 N–H and O–H groups in total. The molecule has 1 heterocycles. The first-order valence-electron chi connectivity index (χ1n) is 6.46. The van der Waals surface area contributed by atoms with Crippen LogP contribution in [0.4, 0.5) is 5.69 Å². The summed E-state index contributed by atoms with van der Waals surface area (Å²) < 4.78 is 11.1. The normalized spacial score (nSPS) is 18.6. The lowest BCUT2D eigenvalue weighted by Crippen LogP contribution is -2.23. The molecule has 3 rings (SSSR count). The predicted octanol–water partition coefficient (Wildman–Crippen LogP) is 3.23. The van der Waals surface area contributed by atoms with Crippen LogP contribution in [-0.2, 0) is 4.74 Å². The highest BCUT2D eigenvalue weighted by atomic mass is 16.5. The van der Waals surface area contributed by atoms with Crippen LogP contribution in [0, 0.1) is 0 Å². The average molecular weight is 255 g/mol. The van der Waals surface area contributed by atoms with Gasteiger partial charge in [-0.25, -0.2) is 0 Å².